The number of anilines is 1. The molecule has 190 valence electrons. The lowest BCUT2D eigenvalue weighted by molar-refractivity contribution is -0.133. The molecule has 1 saturated heterocycles. The molecule has 0 bridgehead atoms. The number of amides is 2. The average molecular weight is 492 g/mol. The van der Waals surface area contributed by atoms with Crippen molar-refractivity contribution in [1.29, 1.82) is 0 Å². The maximum absolute atomic E-state index is 13.0. The lowest BCUT2D eigenvalue weighted by atomic mass is 10.1. The van der Waals surface area contributed by atoms with Crippen molar-refractivity contribution in [1.82, 2.24) is 19.8 Å². The zero-order chi connectivity index (χ0) is 26.0. The largest absolute Gasteiger partial charge is 0.496 e. The summed E-state index contributed by atoms with van der Waals surface area (Å²) < 4.78 is 11.1. The van der Waals surface area contributed by atoms with Crippen molar-refractivity contribution in [2.45, 2.75) is 44.9 Å². The van der Waals surface area contributed by atoms with Gasteiger partial charge in [0.2, 0.25) is 5.91 Å². The van der Waals surface area contributed by atoms with E-state index in [2.05, 4.69) is 5.32 Å². The fraction of sp³-hybridized carbons (Fsp3) is 0.407. The Kier molecular flexibility index (Phi) is 7.01. The number of hydrogen-bond acceptors (Lipinski definition) is 7. The number of ether oxygens (including phenoxy) is 2. The summed E-state index contributed by atoms with van der Waals surface area (Å²) in [7, 11) is 4.99. The van der Waals surface area contributed by atoms with Crippen LogP contribution in [0.2, 0.25) is 0 Å². The van der Waals surface area contributed by atoms with Gasteiger partial charge in [-0.25, -0.2) is 14.8 Å². The first-order valence-corrected chi connectivity index (χ1v) is 11.9. The van der Waals surface area contributed by atoms with Gasteiger partial charge < -0.3 is 19.7 Å². The minimum absolute atomic E-state index is 0.146. The number of aromatic nitrogens is 2. The van der Waals surface area contributed by atoms with Crippen LogP contribution in [-0.4, -0.2) is 77.2 Å². The zero-order valence-corrected chi connectivity index (χ0v) is 21.6. The molecule has 0 radical (unpaired) electrons. The van der Waals surface area contributed by atoms with E-state index in [-0.39, 0.29) is 11.9 Å². The molecule has 0 spiro atoms. The quantitative estimate of drug-likeness (QED) is 0.572. The van der Waals surface area contributed by atoms with Crippen LogP contribution in [0.5, 0.6) is 5.75 Å². The summed E-state index contributed by atoms with van der Waals surface area (Å²) in [5.74, 6) is 1.69. The van der Waals surface area contributed by atoms with Crippen molar-refractivity contribution in [3.63, 3.8) is 0 Å². The van der Waals surface area contributed by atoms with Gasteiger partial charge in [0, 0.05) is 32.1 Å². The SMILES string of the molecule is COc1ccccc1-c1nc(N[C@H]2C[C@H](C(=O)N(C)C)N(C(=O)OC(C)(C)C)C2)c2ccccc2n1. The highest BCUT2D eigenvalue weighted by molar-refractivity contribution is 5.91. The van der Waals surface area contributed by atoms with Crippen LogP contribution in [0.15, 0.2) is 48.5 Å². The molecular formula is C27H33N5O4. The van der Waals surface area contributed by atoms with E-state index in [0.717, 1.165) is 16.5 Å². The van der Waals surface area contributed by atoms with E-state index in [1.165, 1.54) is 9.80 Å². The van der Waals surface area contributed by atoms with Crippen LogP contribution in [0.3, 0.4) is 0 Å². The molecule has 0 unspecified atom stereocenters. The number of carbonyl (C=O) groups excluding carboxylic acids is 2. The molecule has 4 rings (SSSR count). The van der Waals surface area contributed by atoms with Crippen molar-refractivity contribution in [2.24, 2.45) is 0 Å². The Morgan fingerprint density at radius 1 is 1.06 bits per heavy atom. The van der Waals surface area contributed by atoms with Gasteiger partial charge in [-0.1, -0.05) is 24.3 Å². The Labute approximate surface area is 211 Å². The summed E-state index contributed by atoms with van der Waals surface area (Å²) in [6, 6.07) is 14.5. The summed E-state index contributed by atoms with van der Waals surface area (Å²) in [5, 5.41) is 4.34. The monoisotopic (exact) mass is 491 g/mol. The lowest BCUT2D eigenvalue weighted by Crippen LogP contribution is -2.47. The predicted molar refractivity (Wildman–Crippen MR) is 139 cm³/mol. The van der Waals surface area contributed by atoms with Gasteiger partial charge in [-0.3, -0.25) is 9.69 Å². The summed E-state index contributed by atoms with van der Waals surface area (Å²) in [4.78, 5) is 38.6. The van der Waals surface area contributed by atoms with Crippen molar-refractivity contribution < 1.29 is 19.1 Å². The highest BCUT2D eigenvalue weighted by Crippen LogP contribution is 2.32. The van der Waals surface area contributed by atoms with Gasteiger partial charge in [-0.05, 0) is 51.5 Å². The maximum Gasteiger partial charge on any atom is 0.411 e. The van der Waals surface area contributed by atoms with Crippen LogP contribution < -0.4 is 10.1 Å². The standard InChI is InChI=1S/C27H33N5O4/c1-27(2,3)36-26(34)32-16-17(15-21(32)25(33)31(4)5)28-23-18-11-7-9-13-20(18)29-24(30-23)19-12-8-10-14-22(19)35-6/h7-14,17,21H,15-16H2,1-6H3,(H,28,29,30)/t17-,21+/m0/s1. The van der Waals surface area contributed by atoms with Gasteiger partial charge in [0.25, 0.3) is 0 Å². The van der Waals surface area contributed by atoms with Gasteiger partial charge >= 0.3 is 6.09 Å². The van der Waals surface area contributed by atoms with Crippen molar-refractivity contribution >= 4 is 28.7 Å². The second-order valence-electron chi connectivity index (χ2n) is 10.1. The molecule has 2 amide bonds. The predicted octanol–water partition coefficient (Wildman–Crippen LogP) is 4.18. The molecule has 2 heterocycles. The van der Waals surface area contributed by atoms with Crippen LogP contribution in [0.1, 0.15) is 27.2 Å². The zero-order valence-electron chi connectivity index (χ0n) is 21.6. The topological polar surface area (TPSA) is 96.9 Å². The molecule has 3 aromatic rings. The molecule has 1 fully saturated rings. The van der Waals surface area contributed by atoms with Gasteiger partial charge in [0.1, 0.15) is 23.2 Å². The molecule has 1 aromatic heterocycles. The molecule has 36 heavy (non-hydrogen) atoms. The van der Waals surface area contributed by atoms with Gasteiger partial charge in [-0.2, -0.15) is 0 Å². The van der Waals surface area contributed by atoms with Crippen LogP contribution in [0, 0.1) is 0 Å². The fourth-order valence-electron chi connectivity index (χ4n) is 4.32. The number of benzene rings is 2. The molecule has 2 atom stereocenters. The molecule has 0 saturated carbocycles. The third-order valence-corrected chi connectivity index (χ3v) is 5.95. The van der Waals surface area contributed by atoms with Gasteiger partial charge in [-0.15, -0.1) is 0 Å². The van der Waals surface area contributed by atoms with E-state index in [1.807, 2.05) is 69.3 Å². The number of nitrogens with one attached hydrogen (secondary N) is 1. The summed E-state index contributed by atoms with van der Waals surface area (Å²) >= 11 is 0. The van der Waals surface area contributed by atoms with Crippen LogP contribution in [-0.2, 0) is 9.53 Å². The van der Waals surface area contributed by atoms with Crippen molar-refractivity contribution in [3.05, 3.63) is 48.5 Å². The minimum atomic E-state index is -0.666. The molecular weight excluding hydrogens is 458 g/mol. The lowest BCUT2D eigenvalue weighted by Gasteiger charge is -2.29. The van der Waals surface area contributed by atoms with Gasteiger partial charge in [0.15, 0.2) is 5.82 Å². The summed E-state index contributed by atoms with van der Waals surface area (Å²) in [5.41, 5.74) is 0.885. The van der Waals surface area contributed by atoms with E-state index in [1.54, 1.807) is 21.2 Å². The third kappa shape index (κ3) is 5.35. The molecule has 1 aliphatic heterocycles. The summed E-state index contributed by atoms with van der Waals surface area (Å²) in [6.07, 6.45) is -0.0762. The molecule has 2 aromatic carbocycles. The minimum Gasteiger partial charge on any atom is -0.496 e. The van der Waals surface area contributed by atoms with E-state index in [4.69, 9.17) is 19.4 Å². The number of rotatable bonds is 5. The number of carbonyl (C=O) groups is 2. The smallest absolute Gasteiger partial charge is 0.411 e. The molecule has 0 aliphatic carbocycles. The highest BCUT2D eigenvalue weighted by Gasteiger charge is 2.42. The maximum atomic E-state index is 13.0. The van der Waals surface area contributed by atoms with E-state index in [9.17, 15) is 9.59 Å². The Balaban J connectivity index is 1.69. The second-order valence-corrected chi connectivity index (χ2v) is 10.1. The number of para-hydroxylation sites is 2. The number of likely N-dealkylation sites (tertiary alicyclic amines) is 1. The molecule has 1 aliphatic rings. The molecule has 1 N–H and O–H groups in total. The fourth-order valence-corrected chi connectivity index (χ4v) is 4.32. The first-order chi connectivity index (χ1) is 17.1. The second kappa shape index (κ2) is 10.0. The summed E-state index contributed by atoms with van der Waals surface area (Å²) in [6.45, 7) is 5.74. The van der Waals surface area contributed by atoms with Crippen molar-refractivity contribution in [2.75, 3.05) is 33.1 Å². The number of hydrogen-bond donors (Lipinski definition) is 1. The van der Waals surface area contributed by atoms with E-state index in [0.29, 0.717) is 30.4 Å². The Morgan fingerprint density at radius 2 is 1.75 bits per heavy atom. The Morgan fingerprint density at radius 3 is 2.44 bits per heavy atom. The first kappa shape index (κ1) is 25.2. The average Bonchev–Trinajstić information content (AvgIpc) is 3.26. The number of nitrogens with zero attached hydrogens (tertiary/aromatic N) is 4. The Bertz CT molecular complexity index is 1270. The van der Waals surface area contributed by atoms with E-state index >= 15 is 0 Å². The highest BCUT2D eigenvalue weighted by atomic mass is 16.6. The first-order valence-electron chi connectivity index (χ1n) is 11.9. The van der Waals surface area contributed by atoms with Crippen LogP contribution in [0.25, 0.3) is 22.3 Å². The Hall–Kier alpha value is -3.88. The third-order valence-electron chi connectivity index (χ3n) is 5.95. The number of fused-ring (bicyclic) bond motifs is 1. The van der Waals surface area contributed by atoms with Crippen molar-refractivity contribution in [3.8, 4) is 17.1 Å². The van der Waals surface area contributed by atoms with Crippen LogP contribution in [0.4, 0.5) is 10.6 Å². The molecule has 9 nitrogen and oxygen atoms in total. The van der Waals surface area contributed by atoms with Gasteiger partial charge in [0.05, 0.1) is 18.2 Å². The van der Waals surface area contributed by atoms with E-state index < -0.39 is 17.7 Å². The normalized spacial score (nSPS) is 17.7. The number of likely N-dealkylation sites (N-methyl/N-ethyl adjacent to an activating group) is 1. The number of methoxy groups -OCH3 is 1. The van der Waals surface area contributed by atoms with Crippen LogP contribution >= 0.6 is 0 Å². The molecule has 9 heteroatoms.